The van der Waals surface area contributed by atoms with Gasteiger partial charge in [-0.05, 0) is 20.8 Å². The fourth-order valence-corrected chi connectivity index (χ4v) is 3.07. The minimum atomic E-state index is 0.623. The van der Waals surface area contributed by atoms with Crippen molar-refractivity contribution in [2.24, 2.45) is 0 Å². The van der Waals surface area contributed by atoms with E-state index in [1.165, 1.54) is 38.3 Å². The van der Waals surface area contributed by atoms with Gasteiger partial charge in [0.1, 0.15) is 11.6 Å². The Balaban J connectivity index is 1.66. The number of nitrogens with one attached hydrogen (secondary N) is 1. The van der Waals surface area contributed by atoms with Gasteiger partial charge in [0.05, 0.1) is 0 Å². The zero-order valence-corrected chi connectivity index (χ0v) is 12.1. The number of aryl methyl sites for hydroxylation is 2. The summed E-state index contributed by atoms with van der Waals surface area (Å²) in [6.45, 7) is 13.2. The molecule has 3 aliphatic rings. The molecule has 4 rings (SSSR count). The molecule has 1 unspecified atom stereocenters. The van der Waals surface area contributed by atoms with Gasteiger partial charge in [-0.3, -0.25) is 9.80 Å². The van der Waals surface area contributed by atoms with E-state index in [0.717, 1.165) is 23.9 Å². The lowest BCUT2D eigenvalue weighted by atomic mass is 10.1. The van der Waals surface area contributed by atoms with Gasteiger partial charge in [-0.15, -0.1) is 0 Å². The molecule has 3 aliphatic heterocycles. The predicted octanol–water partition coefficient (Wildman–Crippen LogP) is 0.814. The van der Waals surface area contributed by atoms with Crippen LogP contribution in [0, 0.1) is 20.8 Å². The maximum absolute atomic E-state index is 4.53. The second-order valence-electron chi connectivity index (χ2n) is 5.70. The Labute approximate surface area is 115 Å². The monoisotopic (exact) mass is 261 g/mol. The number of anilines is 1. The normalized spacial score (nSPS) is 29.5. The molecule has 0 spiro atoms. The lowest BCUT2D eigenvalue weighted by molar-refractivity contribution is 0.0189. The van der Waals surface area contributed by atoms with Crippen LogP contribution >= 0.6 is 0 Å². The maximum Gasteiger partial charge on any atom is 0.132 e. The molecule has 0 saturated carbocycles. The van der Waals surface area contributed by atoms with E-state index in [4.69, 9.17) is 0 Å². The first-order valence-electron chi connectivity index (χ1n) is 7.15. The molecule has 104 valence electrons. The van der Waals surface area contributed by atoms with Crippen LogP contribution in [-0.2, 0) is 0 Å². The standard InChI is InChI=1S/C14H23N5/c1-10-11(2)16-12(3)17-14(10)15-8-13-9-18-4-6-19(13)7-5-18/h13H,4-9H2,1-3H3,(H,15,16,17). The van der Waals surface area contributed by atoms with Gasteiger partial charge in [0, 0.05) is 56.6 Å². The molecular weight excluding hydrogens is 238 g/mol. The van der Waals surface area contributed by atoms with Crippen LogP contribution in [0.2, 0.25) is 0 Å². The second kappa shape index (κ2) is 5.06. The molecule has 1 aromatic heterocycles. The Morgan fingerprint density at radius 2 is 1.84 bits per heavy atom. The molecule has 2 bridgehead atoms. The van der Waals surface area contributed by atoms with Gasteiger partial charge in [0.2, 0.25) is 0 Å². The molecule has 3 saturated heterocycles. The van der Waals surface area contributed by atoms with Gasteiger partial charge in [-0.1, -0.05) is 0 Å². The third kappa shape index (κ3) is 2.58. The molecule has 1 N–H and O–H groups in total. The summed E-state index contributed by atoms with van der Waals surface area (Å²) in [5.74, 6) is 1.85. The highest BCUT2D eigenvalue weighted by atomic mass is 15.3. The van der Waals surface area contributed by atoms with E-state index in [1.807, 2.05) is 13.8 Å². The quantitative estimate of drug-likeness (QED) is 0.872. The van der Waals surface area contributed by atoms with Crippen molar-refractivity contribution in [2.45, 2.75) is 26.8 Å². The van der Waals surface area contributed by atoms with Crippen LogP contribution in [0.5, 0.6) is 0 Å². The summed E-state index contributed by atoms with van der Waals surface area (Å²) in [6, 6.07) is 0.623. The first-order valence-corrected chi connectivity index (χ1v) is 7.15. The molecule has 5 nitrogen and oxygen atoms in total. The summed E-state index contributed by atoms with van der Waals surface area (Å²) in [4.78, 5) is 14.1. The zero-order valence-electron chi connectivity index (χ0n) is 12.1. The van der Waals surface area contributed by atoms with Crippen molar-refractivity contribution < 1.29 is 0 Å². The second-order valence-corrected chi connectivity index (χ2v) is 5.70. The third-order valence-corrected chi connectivity index (χ3v) is 4.40. The predicted molar refractivity (Wildman–Crippen MR) is 76.5 cm³/mol. The topological polar surface area (TPSA) is 44.3 Å². The van der Waals surface area contributed by atoms with E-state index in [9.17, 15) is 0 Å². The van der Waals surface area contributed by atoms with E-state index in [1.54, 1.807) is 0 Å². The van der Waals surface area contributed by atoms with Crippen LogP contribution in [-0.4, -0.2) is 65.1 Å². The molecule has 0 radical (unpaired) electrons. The van der Waals surface area contributed by atoms with Gasteiger partial charge < -0.3 is 5.32 Å². The van der Waals surface area contributed by atoms with Crippen molar-refractivity contribution in [2.75, 3.05) is 44.6 Å². The number of nitrogens with zero attached hydrogens (tertiary/aromatic N) is 4. The lowest BCUT2D eigenvalue weighted by Gasteiger charge is -2.47. The van der Waals surface area contributed by atoms with E-state index >= 15 is 0 Å². The molecule has 1 atom stereocenters. The SMILES string of the molecule is Cc1nc(C)c(C)c(NCC2CN3CCN2CC3)n1. The van der Waals surface area contributed by atoms with Crippen LogP contribution in [0.25, 0.3) is 0 Å². The molecule has 3 fully saturated rings. The molecule has 5 heteroatoms. The molecule has 4 heterocycles. The number of piperazine rings is 3. The van der Waals surface area contributed by atoms with Crippen LogP contribution in [0.1, 0.15) is 17.1 Å². The summed E-state index contributed by atoms with van der Waals surface area (Å²) < 4.78 is 0. The minimum Gasteiger partial charge on any atom is -0.368 e. The van der Waals surface area contributed by atoms with Crippen LogP contribution in [0.3, 0.4) is 0 Å². The zero-order chi connectivity index (χ0) is 13.4. The molecule has 0 amide bonds. The fourth-order valence-electron chi connectivity index (χ4n) is 3.07. The van der Waals surface area contributed by atoms with Gasteiger partial charge in [-0.2, -0.15) is 0 Å². The van der Waals surface area contributed by atoms with Crippen LogP contribution < -0.4 is 5.32 Å². The van der Waals surface area contributed by atoms with Crippen LogP contribution in [0.15, 0.2) is 0 Å². The number of hydrogen-bond donors (Lipinski definition) is 1. The largest absolute Gasteiger partial charge is 0.368 e. The third-order valence-electron chi connectivity index (χ3n) is 4.40. The van der Waals surface area contributed by atoms with Gasteiger partial charge in [0.25, 0.3) is 0 Å². The highest BCUT2D eigenvalue weighted by molar-refractivity contribution is 5.45. The summed E-state index contributed by atoms with van der Waals surface area (Å²) in [5.41, 5.74) is 2.24. The van der Waals surface area contributed by atoms with Crippen molar-refractivity contribution in [3.63, 3.8) is 0 Å². The summed E-state index contributed by atoms with van der Waals surface area (Å²) in [7, 11) is 0. The van der Waals surface area contributed by atoms with Gasteiger partial charge in [-0.25, -0.2) is 9.97 Å². The average molecular weight is 261 g/mol. The highest BCUT2D eigenvalue weighted by Gasteiger charge is 2.31. The first kappa shape index (κ1) is 12.8. The van der Waals surface area contributed by atoms with Crippen LogP contribution in [0.4, 0.5) is 5.82 Å². The van der Waals surface area contributed by atoms with Crippen molar-refractivity contribution in [3.8, 4) is 0 Å². The maximum atomic E-state index is 4.53. The fraction of sp³-hybridized carbons (Fsp3) is 0.714. The van der Waals surface area contributed by atoms with Crippen molar-refractivity contribution in [1.29, 1.82) is 0 Å². The number of hydrogen-bond acceptors (Lipinski definition) is 5. The number of fused-ring (bicyclic) bond motifs is 3. The molecule has 19 heavy (non-hydrogen) atoms. The molecule has 0 aliphatic carbocycles. The van der Waals surface area contributed by atoms with Crippen molar-refractivity contribution >= 4 is 5.82 Å². The Morgan fingerprint density at radius 3 is 2.47 bits per heavy atom. The summed E-state index contributed by atoms with van der Waals surface area (Å²) in [6.07, 6.45) is 0. The summed E-state index contributed by atoms with van der Waals surface area (Å²) in [5, 5.41) is 3.53. The highest BCUT2D eigenvalue weighted by Crippen LogP contribution is 2.18. The summed E-state index contributed by atoms with van der Waals surface area (Å²) >= 11 is 0. The van der Waals surface area contributed by atoms with Crippen molar-refractivity contribution in [3.05, 3.63) is 17.1 Å². The van der Waals surface area contributed by atoms with Gasteiger partial charge in [0.15, 0.2) is 0 Å². The van der Waals surface area contributed by atoms with E-state index < -0.39 is 0 Å². The molecular formula is C14H23N5. The first-order chi connectivity index (χ1) is 9.13. The number of rotatable bonds is 3. The Kier molecular flexibility index (Phi) is 3.41. The van der Waals surface area contributed by atoms with E-state index in [0.29, 0.717) is 6.04 Å². The molecule has 0 aromatic carbocycles. The number of aromatic nitrogens is 2. The van der Waals surface area contributed by atoms with E-state index in [2.05, 4.69) is 32.0 Å². The van der Waals surface area contributed by atoms with Gasteiger partial charge >= 0.3 is 0 Å². The van der Waals surface area contributed by atoms with Crippen molar-refractivity contribution in [1.82, 2.24) is 19.8 Å². The Morgan fingerprint density at radius 1 is 1.11 bits per heavy atom. The van der Waals surface area contributed by atoms with E-state index in [-0.39, 0.29) is 0 Å². The lowest BCUT2D eigenvalue weighted by Crippen LogP contribution is -2.62. The minimum absolute atomic E-state index is 0.623. The Bertz CT molecular complexity index is 465. The molecule has 1 aromatic rings. The smallest absolute Gasteiger partial charge is 0.132 e. The average Bonchev–Trinajstić information content (AvgIpc) is 2.42. The Hall–Kier alpha value is -1.20.